The lowest BCUT2D eigenvalue weighted by Gasteiger charge is -2.16. The van der Waals surface area contributed by atoms with E-state index in [1.165, 1.54) is 19.3 Å². The van der Waals surface area contributed by atoms with E-state index in [4.69, 9.17) is 18.0 Å². The highest BCUT2D eigenvalue weighted by atomic mass is 32.1. The van der Waals surface area contributed by atoms with E-state index in [0.717, 1.165) is 23.0 Å². The van der Waals surface area contributed by atoms with Crippen molar-refractivity contribution in [2.75, 3.05) is 5.32 Å². The van der Waals surface area contributed by atoms with Crippen molar-refractivity contribution < 1.29 is 0 Å². The molecule has 2 rings (SSSR count). The van der Waals surface area contributed by atoms with E-state index in [1.807, 2.05) is 19.1 Å². The number of pyridine rings is 1. The van der Waals surface area contributed by atoms with Gasteiger partial charge in [0.25, 0.3) is 0 Å². The summed E-state index contributed by atoms with van der Waals surface area (Å²) in [7, 11) is 0. The first-order chi connectivity index (χ1) is 8.06. The average Bonchev–Trinajstić information content (AvgIpc) is 2.63. The van der Waals surface area contributed by atoms with Crippen LogP contribution in [0.2, 0.25) is 0 Å². The van der Waals surface area contributed by atoms with Crippen LogP contribution in [0.1, 0.15) is 37.4 Å². The monoisotopic (exact) mass is 249 g/mol. The predicted molar refractivity (Wildman–Crippen MR) is 75.3 cm³/mol. The fourth-order valence-corrected chi connectivity index (χ4v) is 2.56. The molecule has 1 aromatic heterocycles. The Morgan fingerprint density at radius 3 is 2.82 bits per heavy atom. The van der Waals surface area contributed by atoms with Crippen molar-refractivity contribution in [3.05, 3.63) is 23.4 Å². The molecule has 1 heterocycles. The number of hydrogen-bond acceptors (Lipinski definition) is 3. The quantitative estimate of drug-likeness (QED) is 0.809. The third kappa shape index (κ3) is 2.94. The molecule has 1 aliphatic carbocycles. The summed E-state index contributed by atoms with van der Waals surface area (Å²) in [6, 6.07) is 4.40. The first-order valence-electron chi connectivity index (χ1n) is 6.10. The van der Waals surface area contributed by atoms with E-state index in [2.05, 4.69) is 17.2 Å². The molecule has 0 bridgehead atoms. The predicted octanol–water partition coefficient (Wildman–Crippen LogP) is 2.62. The van der Waals surface area contributed by atoms with Gasteiger partial charge in [0, 0.05) is 11.7 Å². The lowest BCUT2D eigenvalue weighted by molar-refractivity contribution is 0.602. The molecule has 3 N–H and O–H groups in total. The van der Waals surface area contributed by atoms with Gasteiger partial charge in [-0.2, -0.15) is 0 Å². The maximum absolute atomic E-state index is 5.72. The van der Waals surface area contributed by atoms with Crippen LogP contribution in [-0.2, 0) is 0 Å². The van der Waals surface area contributed by atoms with Crippen molar-refractivity contribution >= 4 is 23.0 Å². The minimum Gasteiger partial charge on any atom is -0.389 e. The average molecular weight is 249 g/mol. The number of aryl methyl sites for hydroxylation is 1. The summed E-state index contributed by atoms with van der Waals surface area (Å²) >= 11 is 5.05. The molecule has 4 heteroatoms. The first-order valence-corrected chi connectivity index (χ1v) is 6.51. The summed E-state index contributed by atoms with van der Waals surface area (Å²) in [6.45, 7) is 4.27. The van der Waals surface area contributed by atoms with Crippen LogP contribution in [0.25, 0.3) is 0 Å². The molecule has 0 spiro atoms. The topological polar surface area (TPSA) is 50.9 Å². The highest BCUT2D eigenvalue weighted by molar-refractivity contribution is 7.80. The van der Waals surface area contributed by atoms with E-state index in [-0.39, 0.29) is 0 Å². The molecule has 3 nitrogen and oxygen atoms in total. The molecule has 92 valence electrons. The van der Waals surface area contributed by atoms with E-state index in [1.54, 1.807) is 0 Å². The Labute approximate surface area is 108 Å². The molecule has 2 atom stereocenters. The lowest BCUT2D eigenvalue weighted by atomic mass is 10.1. The molecule has 0 aromatic carbocycles. The Kier molecular flexibility index (Phi) is 3.62. The van der Waals surface area contributed by atoms with E-state index >= 15 is 0 Å². The fourth-order valence-electron chi connectivity index (χ4n) is 2.40. The molecular weight excluding hydrogens is 230 g/mol. The zero-order valence-corrected chi connectivity index (χ0v) is 11.2. The second-order valence-corrected chi connectivity index (χ2v) is 5.41. The van der Waals surface area contributed by atoms with E-state index in [0.29, 0.717) is 11.0 Å². The Morgan fingerprint density at radius 2 is 2.24 bits per heavy atom. The summed E-state index contributed by atoms with van der Waals surface area (Å²) in [5, 5.41) is 3.48. The van der Waals surface area contributed by atoms with Crippen LogP contribution in [0.3, 0.4) is 0 Å². The second kappa shape index (κ2) is 5.00. The molecule has 2 unspecified atom stereocenters. The van der Waals surface area contributed by atoms with Crippen LogP contribution in [0.5, 0.6) is 0 Å². The maximum Gasteiger partial charge on any atom is 0.136 e. The number of thiocarbonyl (C=S) groups is 1. The standard InChI is InChI=1S/C13H19N3S/c1-8-3-5-10(7-8)16-13-11(12(14)17)6-4-9(2)15-13/h4,6,8,10H,3,5,7H2,1-2H3,(H2,14,17)(H,15,16). The Morgan fingerprint density at radius 1 is 1.47 bits per heavy atom. The Hall–Kier alpha value is -1.16. The Balaban J connectivity index is 2.19. The zero-order valence-electron chi connectivity index (χ0n) is 10.4. The van der Waals surface area contributed by atoms with Gasteiger partial charge in [-0.1, -0.05) is 19.1 Å². The van der Waals surface area contributed by atoms with Gasteiger partial charge >= 0.3 is 0 Å². The molecule has 0 amide bonds. The minimum atomic E-state index is 0.408. The van der Waals surface area contributed by atoms with Crippen molar-refractivity contribution in [1.29, 1.82) is 0 Å². The Bertz CT molecular complexity index is 431. The van der Waals surface area contributed by atoms with Gasteiger partial charge in [0.15, 0.2) is 0 Å². The number of aromatic nitrogens is 1. The van der Waals surface area contributed by atoms with Gasteiger partial charge in [0.05, 0.1) is 5.56 Å². The largest absolute Gasteiger partial charge is 0.389 e. The minimum absolute atomic E-state index is 0.408. The summed E-state index contributed by atoms with van der Waals surface area (Å²) in [4.78, 5) is 4.91. The van der Waals surface area contributed by atoms with Gasteiger partial charge in [-0.15, -0.1) is 0 Å². The van der Waals surface area contributed by atoms with Crippen molar-refractivity contribution in [3.8, 4) is 0 Å². The van der Waals surface area contributed by atoms with Crippen LogP contribution >= 0.6 is 12.2 Å². The van der Waals surface area contributed by atoms with Gasteiger partial charge in [-0.25, -0.2) is 4.98 Å². The number of hydrogen-bond donors (Lipinski definition) is 2. The smallest absolute Gasteiger partial charge is 0.136 e. The van der Waals surface area contributed by atoms with Crippen molar-refractivity contribution in [2.45, 2.75) is 39.2 Å². The van der Waals surface area contributed by atoms with Gasteiger partial charge in [0.1, 0.15) is 10.8 Å². The van der Waals surface area contributed by atoms with Crippen molar-refractivity contribution in [1.82, 2.24) is 4.98 Å². The van der Waals surface area contributed by atoms with Crippen LogP contribution in [-0.4, -0.2) is 16.0 Å². The maximum atomic E-state index is 5.72. The number of nitrogens with two attached hydrogens (primary N) is 1. The third-order valence-corrected chi connectivity index (χ3v) is 3.56. The van der Waals surface area contributed by atoms with Crippen molar-refractivity contribution in [3.63, 3.8) is 0 Å². The number of rotatable bonds is 3. The highest BCUT2D eigenvalue weighted by Crippen LogP contribution is 2.28. The molecule has 17 heavy (non-hydrogen) atoms. The molecule has 1 saturated carbocycles. The summed E-state index contributed by atoms with van der Waals surface area (Å²) in [5.41, 5.74) is 7.55. The molecule has 0 aliphatic heterocycles. The third-order valence-electron chi connectivity index (χ3n) is 3.34. The fraction of sp³-hybridized carbons (Fsp3) is 0.538. The highest BCUT2D eigenvalue weighted by Gasteiger charge is 2.22. The second-order valence-electron chi connectivity index (χ2n) is 4.97. The van der Waals surface area contributed by atoms with Crippen LogP contribution in [0.15, 0.2) is 12.1 Å². The number of anilines is 1. The normalized spacial score (nSPS) is 23.6. The van der Waals surface area contributed by atoms with Gasteiger partial charge in [-0.3, -0.25) is 0 Å². The van der Waals surface area contributed by atoms with E-state index in [9.17, 15) is 0 Å². The molecule has 0 saturated heterocycles. The molecular formula is C13H19N3S. The first kappa shape index (κ1) is 12.3. The molecule has 1 aromatic rings. The molecule has 0 radical (unpaired) electrons. The van der Waals surface area contributed by atoms with Gasteiger partial charge < -0.3 is 11.1 Å². The zero-order chi connectivity index (χ0) is 12.4. The summed E-state index contributed by atoms with van der Waals surface area (Å²) in [5.74, 6) is 1.64. The summed E-state index contributed by atoms with van der Waals surface area (Å²) in [6.07, 6.45) is 3.69. The van der Waals surface area contributed by atoms with Gasteiger partial charge in [0.2, 0.25) is 0 Å². The number of nitrogens with zero attached hydrogens (tertiary/aromatic N) is 1. The van der Waals surface area contributed by atoms with Gasteiger partial charge in [-0.05, 0) is 44.2 Å². The lowest BCUT2D eigenvalue weighted by Crippen LogP contribution is -2.21. The van der Waals surface area contributed by atoms with E-state index < -0.39 is 0 Å². The SMILES string of the molecule is Cc1ccc(C(N)=S)c(NC2CCC(C)C2)n1. The van der Waals surface area contributed by atoms with Crippen LogP contribution < -0.4 is 11.1 Å². The summed E-state index contributed by atoms with van der Waals surface area (Å²) < 4.78 is 0. The molecule has 1 aliphatic rings. The van der Waals surface area contributed by atoms with Crippen LogP contribution in [0.4, 0.5) is 5.82 Å². The molecule has 1 fully saturated rings. The van der Waals surface area contributed by atoms with Crippen molar-refractivity contribution in [2.24, 2.45) is 11.7 Å². The van der Waals surface area contributed by atoms with Crippen LogP contribution in [0, 0.1) is 12.8 Å². The number of nitrogens with one attached hydrogen (secondary N) is 1.